The lowest BCUT2D eigenvalue weighted by atomic mass is 9.72. The van der Waals surface area contributed by atoms with Gasteiger partial charge in [0.1, 0.15) is 5.60 Å². The van der Waals surface area contributed by atoms with Gasteiger partial charge in [0.25, 0.3) is 5.91 Å². The predicted molar refractivity (Wildman–Crippen MR) is 120 cm³/mol. The topological polar surface area (TPSA) is 68.2 Å². The highest BCUT2D eigenvalue weighted by Gasteiger charge is 2.53. The van der Waals surface area contributed by atoms with Crippen LogP contribution in [0.3, 0.4) is 0 Å². The average Bonchev–Trinajstić information content (AvgIpc) is 2.78. The summed E-state index contributed by atoms with van der Waals surface area (Å²) >= 11 is 0. The second-order valence-electron chi connectivity index (χ2n) is 9.68. The van der Waals surface area contributed by atoms with Crippen molar-refractivity contribution < 1.29 is 24.1 Å². The summed E-state index contributed by atoms with van der Waals surface area (Å²) in [5, 5.41) is 10.4. The van der Waals surface area contributed by atoms with Crippen molar-refractivity contribution in [3.05, 3.63) is 59.2 Å². The third-order valence-electron chi connectivity index (χ3n) is 7.23. The smallest absolute Gasteiger partial charge is 0.254 e. The quantitative estimate of drug-likeness (QED) is 0.768. The molecule has 5 rings (SSSR count). The number of amides is 1. The van der Waals surface area contributed by atoms with Gasteiger partial charge in [-0.2, -0.15) is 0 Å². The fourth-order valence-electron chi connectivity index (χ4n) is 5.66. The molecule has 170 valence electrons. The SMILES string of the molecule is COCc1cccc(C(=O)N2CCC[C@H]3O[C@H]4c5cccc(O)c5OC(C)(C)[C@@H]4C[C@H]32)c1. The molecule has 2 fully saturated rings. The van der Waals surface area contributed by atoms with Crippen molar-refractivity contribution >= 4 is 5.91 Å². The van der Waals surface area contributed by atoms with Gasteiger partial charge in [-0.1, -0.05) is 24.3 Å². The van der Waals surface area contributed by atoms with Crippen LogP contribution in [0.1, 0.15) is 60.7 Å². The zero-order valence-corrected chi connectivity index (χ0v) is 18.9. The lowest BCUT2D eigenvalue weighted by molar-refractivity contribution is -0.184. The van der Waals surface area contributed by atoms with Gasteiger partial charge in [0.15, 0.2) is 11.5 Å². The first kappa shape index (κ1) is 21.3. The molecule has 0 radical (unpaired) electrons. The Morgan fingerprint density at radius 1 is 1.25 bits per heavy atom. The minimum Gasteiger partial charge on any atom is -0.504 e. The molecule has 0 aliphatic carbocycles. The van der Waals surface area contributed by atoms with Crippen LogP contribution in [0.4, 0.5) is 0 Å². The number of ether oxygens (including phenoxy) is 3. The van der Waals surface area contributed by atoms with E-state index in [1.165, 1.54) is 0 Å². The number of benzene rings is 2. The minimum absolute atomic E-state index is 0.00492. The van der Waals surface area contributed by atoms with Crippen LogP contribution in [-0.2, 0) is 16.1 Å². The number of hydrogen-bond donors (Lipinski definition) is 1. The molecule has 0 saturated carbocycles. The number of carbonyl (C=O) groups excluding carboxylic acids is 1. The maximum atomic E-state index is 13.5. The number of piperidine rings is 1. The second kappa shape index (κ2) is 8.09. The first-order valence-electron chi connectivity index (χ1n) is 11.4. The Kier molecular flexibility index (Phi) is 5.38. The molecule has 2 aromatic carbocycles. The Labute approximate surface area is 189 Å². The first-order valence-corrected chi connectivity index (χ1v) is 11.4. The highest BCUT2D eigenvalue weighted by atomic mass is 16.5. The molecule has 0 spiro atoms. The Morgan fingerprint density at radius 3 is 2.88 bits per heavy atom. The van der Waals surface area contributed by atoms with Crippen LogP contribution in [0.15, 0.2) is 42.5 Å². The third-order valence-corrected chi connectivity index (χ3v) is 7.23. The second-order valence-corrected chi connectivity index (χ2v) is 9.68. The maximum absolute atomic E-state index is 13.5. The molecular weight excluding hydrogens is 406 g/mol. The zero-order valence-electron chi connectivity index (χ0n) is 18.9. The lowest BCUT2D eigenvalue weighted by Crippen LogP contribution is -2.60. The molecule has 3 aliphatic heterocycles. The molecule has 1 amide bonds. The fourth-order valence-corrected chi connectivity index (χ4v) is 5.66. The minimum atomic E-state index is -0.522. The van der Waals surface area contributed by atoms with Gasteiger partial charge in [-0.25, -0.2) is 0 Å². The fraction of sp³-hybridized carbons (Fsp3) is 0.500. The van der Waals surface area contributed by atoms with E-state index in [4.69, 9.17) is 14.2 Å². The third kappa shape index (κ3) is 3.55. The molecule has 0 aromatic heterocycles. The number of rotatable bonds is 3. The molecular formula is C26H31NO5. The van der Waals surface area contributed by atoms with E-state index in [0.29, 0.717) is 17.9 Å². The molecule has 6 nitrogen and oxygen atoms in total. The number of methoxy groups -OCH3 is 1. The van der Waals surface area contributed by atoms with Crippen molar-refractivity contribution in [2.75, 3.05) is 13.7 Å². The van der Waals surface area contributed by atoms with Crippen molar-refractivity contribution in [2.24, 2.45) is 5.92 Å². The van der Waals surface area contributed by atoms with Crippen molar-refractivity contribution in [2.45, 2.75) is 63.6 Å². The number of phenols is 1. The maximum Gasteiger partial charge on any atom is 0.254 e. The number of hydrogen-bond acceptors (Lipinski definition) is 5. The largest absolute Gasteiger partial charge is 0.504 e. The molecule has 3 heterocycles. The molecule has 2 saturated heterocycles. The molecule has 1 N–H and O–H groups in total. The van der Waals surface area contributed by atoms with Crippen molar-refractivity contribution in [1.29, 1.82) is 0 Å². The van der Waals surface area contributed by atoms with E-state index in [-0.39, 0.29) is 35.8 Å². The Bertz CT molecular complexity index is 1020. The van der Waals surface area contributed by atoms with Crippen LogP contribution in [0, 0.1) is 5.92 Å². The van der Waals surface area contributed by atoms with Gasteiger partial charge in [0.2, 0.25) is 0 Å². The monoisotopic (exact) mass is 437 g/mol. The van der Waals surface area contributed by atoms with Crippen LogP contribution >= 0.6 is 0 Å². The van der Waals surface area contributed by atoms with E-state index in [0.717, 1.165) is 36.9 Å². The Balaban J connectivity index is 1.45. The Morgan fingerprint density at radius 2 is 2.06 bits per heavy atom. The van der Waals surface area contributed by atoms with E-state index in [9.17, 15) is 9.90 Å². The van der Waals surface area contributed by atoms with E-state index >= 15 is 0 Å². The summed E-state index contributed by atoms with van der Waals surface area (Å²) in [6.07, 6.45) is 2.47. The average molecular weight is 438 g/mol. The first-order chi connectivity index (χ1) is 15.4. The number of phenolic OH excluding ortho intramolecular Hbond substituents is 1. The van der Waals surface area contributed by atoms with Gasteiger partial charge < -0.3 is 24.2 Å². The van der Waals surface area contributed by atoms with Gasteiger partial charge in [-0.05, 0) is 56.9 Å². The summed E-state index contributed by atoms with van der Waals surface area (Å²) in [7, 11) is 1.66. The number of aromatic hydroxyl groups is 1. The number of nitrogens with zero attached hydrogens (tertiary/aromatic N) is 1. The summed E-state index contributed by atoms with van der Waals surface area (Å²) in [4.78, 5) is 15.5. The molecule has 3 aliphatic rings. The van der Waals surface area contributed by atoms with Crippen molar-refractivity contribution in [3.63, 3.8) is 0 Å². The highest BCUT2D eigenvalue weighted by Crippen LogP contribution is 2.54. The van der Waals surface area contributed by atoms with Gasteiger partial charge in [0, 0.05) is 30.7 Å². The summed E-state index contributed by atoms with van der Waals surface area (Å²) in [6.45, 7) is 5.31. The normalized spacial score (nSPS) is 28.2. The summed E-state index contributed by atoms with van der Waals surface area (Å²) in [5.41, 5.74) is 2.07. The molecule has 6 heteroatoms. The van der Waals surface area contributed by atoms with E-state index in [1.54, 1.807) is 13.2 Å². The standard InChI is InChI=1S/C26H31NO5/c1-26(2)19-14-20-22(31-23(19)18-9-5-10-21(28)24(18)32-26)11-6-12-27(20)25(29)17-8-4-7-16(13-17)15-30-3/h4-5,7-10,13,19-20,22-23,28H,6,11-12,14-15H2,1-3H3/t19-,20-,22-,23+/m1/s1. The van der Waals surface area contributed by atoms with Crippen molar-refractivity contribution in [1.82, 2.24) is 4.90 Å². The van der Waals surface area contributed by atoms with Crippen molar-refractivity contribution in [3.8, 4) is 11.5 Å². The van der Waals surface area contributed by atoms with Gasteiger partial charge in [-0.15, -0.1) is 0 Å². The molecule has 32 heavy (non-hydrogen) atoms. The van der Waals surface area contributed by atoms with Crippen LogP contribution in [-0.4, -0.2) is 47.3 Å². The number of likely N-dealkylation sites (tertiary alicyclic amines) is 1. The molecule has 0 bridgehead atoms. The molecule has 4 atom stereocenters. The zero-order chi connectivity index (χ0) is 22.5. The summed E-state index contributed by atoms with van der Waals surface area (Å²) in [5.74, 6) is 0.797. The van der Waals surface area contributed by atoms with E-state index in [2.05, 4.69) is 0 Å². The van der Waals surface area contributed by atoms with Gasteiger partial charge in [0.05, 0.1) is 24.9 Å². The lowest BCUT2D eigenvalue weighted by Gasteiger charge is -2.54. The number of fused-ring (bicyclic) bond motifs is 4. The molecule has 0 unspecified atom stereocenters. The molecule has 2 aromatic rings. The Hall–Kier alpha value is -2.57. The van der Waals surface area contributed by atoms with Crippen LogP contribution in [0.5, 0.6) is 11.5 Å². The van der Waals surface area contributed by atoms with Gasteiger partial charge in [-0.3, -0.25) is 4.79 Å². The van der Waals surface area contributed by atoms with Crippen LogP contribution in [0.2, 0.25) is 0 Å². The summed E-state index contributed by atoms with van der Waals surface area (Å²) in [6, 6.07) is 13.2. The number of carbonyl (C=O) groups is 1. The van der Waals surface area contributed by atoms with Crippen LogP contribution in [0.25, 0.3) is 0 Å². The van der Waals surface area contributed by atoms with Gasteiger partial charge >= 0.3 is 0 Å². The van der Waals surface area contributed by atoms with E-state index in [1.807, 2.05) is 55.1 Å². The van der Waals surface area contributed by atoms with Crippen LogP contribution < -0.4 is 4.74 Å². The number of para-hydroxylation sites is 1. The van der Waals surface area contributed by atoms with E-state index < -0.39 is 5.60 Å². The summed E-state index contributed by atoms with van der Waals surface area (Å²) < 4.78 is 18.2. The predicted octanol–water partition coefficient (Wildman–Crippen LogP) is 4.46. The highest BCUT2D eigenvalue weighted by molar-refractivity contribution is 5.94.